The molecule has 2 aromatic rings. The highest BCUT2D eigenvalue weighted by Crippen LogP contribution is 2.30. The summed E-state index contributed by atoms with van der Waals surface area (Å²) in [6.07, 6.45) is 4.39. The molecular formula is C19H20N2O5. The van der Waals surface area contributed by atoms with Crippen LogP contribution in [-0.2, 0) is 0 Å². The molecule has 0 bridgehead atoms. The first-order valence-electron chi connectivity index (χ1n) is 8.73. The van der Waals surface area contributed by atoms with Crippen LogP contribution in [0.2, 0.25) is 0 Å². The lowest BCUT2D eigenvalue weighted by Gasteiger charge is -2.32. The number of rotatable bonds is 3. The fraction of sp³-hybridized carbons (Fsp3) is 0.368. The van der Waals surface area contributed by atoms with Crippen molar-refractivity contribution in [3.63, 3.8) is 0 Å². The highest BCUT2D eigenvalue weighted by atomic mass is 16.6. The van der Waals surface area contributed by atoms with Crippen molar-refractivity contribution in [2.75, 3.05) is 26.3 Å². The van der Waals surface area contributed by atoms with Crippen LogP contribution < -0.4 is 14.8 Å². The molecule has 2 aliphatic heterocycles. The monoisotopic (exact) mass is 356 g/mol. The van der Waals surface area contributed by atoms with E-state index in [2.05, 4.69) is 5.32 Å². The molecule has 1 fully saturated rings. The van der Waals surface area contributed by atoms with Crippen LogP contribution in [-0.4, -0.2) is 49.1 Å². The summed E-state index contributed by atoms with van der Waals surface area (Å²) in [5, 5.41) is 3.04. The van der Waals surface area contributed by atoms with Gasteiger partial charge in [-0.1, -0.05) is 0 Å². The van der Waals surface area contributed by atoms with Gasteiger partial charge in [0.2, 0.25) is 0 Å². The minimum absolute atomic E-state index is 0.0321. The van der Waals surface area contributed by atoms with E-state index in [1.165, 1.54) is 12.5 Å². The zero-order valence-electron chi connectivity index (χ0n) is 14.3. The van der Waals surface area contributed by atoms with Crippen molar-refractivity contribution in [3.05, 3.63) is 47.9 Å². The van der Waals surface area contributed by atoms with E-state index in [9.17, 15) is 9.59 Å². The Hall–Kier alpha value is -2.96. The third-order valence-electron chi connectivity index (χ3n) is 4.69. The summed E-state index contributed by atoms with van der Waals surface area (Å²) in [5.41, 5.74) is 1.11. The Morgan fingerprint density at radius 1 is 1.00 bits per heavy atom. The topological polar surface area (TPSA) is 81.0 Å². The maximum Gasteiger partial charge on any atom is 0.257 e. The summed E-state index contributed by atoms with van der Waals surface area (Å²) in [5.74, 6) is 1.10. The quantitative estimate of drug-likeness (QED) is 0.911. The number of ether oxygens (including phenoxy) is 2. The molecule has 1 aromatic heterocycles. The number of benzene rings is 1. The van der Waals surface area contributed by atoms with Gasteiger partial charge in [0.15, 0.2) is 11.5 Å². The van der Waals surface area contributed by atoms with Gasteiger partial charge in [0.1, 0.15) is 19.5 Å². The van der Waals surface area contributed by atoms with Gasteiger partial charge >= 0.3 is 0 Å². The van der Waals surface area contributed by atoms with Gasteiger partial charge in [-0.3, -0.25) is 9.59 Å². The van der Waals surface area contributed by atoms with E-state index >= 15 is 0 Å². The molecule has 26 heavy (non-hydrogen) atoms. The molecule has 3 heterocycles. The van der Waals surface area contributed by atoms with E-state index in [-0.39, 0.29) is 17.9 Å². The van der Waals surface area contributed by atoms with Crippen LogP contribution in [0.4, 0.5) is 0 Å². The van der Waals surface area contributed by atoms with Gasteiger partial charge in [0.05, 0.1) is 11.8 Å². The standard InChI is InChI=1S/C19H20N2O5/c22-18(13-1-2-16-17(11-13)26-10-9-25-16)20-15-3-6-21(7-4-15)19(23)14-5-8-24-12-14/h1-2,5,8,11-12,15H,3-4,6-7,9-10H2,(H,20,22). The molecule has 1 aromatic carbocycles. The molecular weight excluding hydrogens is 336 g/mol. The SMILES string of the molecule is O=C(NC1CCN(C(=O)c2ccoc2)CC1)c1ccc2c(c1)OCCO2. The van der Waals surface area contributed by atoms with Gasteiger partial charge in [-0.05, 0) is 37.1 Å². The Morgan fingerprint density at radius 3 is 2.50 bits per heavy atom. The number of carbonyl (C=O) groups is 2. The second-order valence-electron chi connectivity index (χ2n) is 6.41. The highest BCUT2D eigenvalue weighted by molar-refractivity contribution is 5.95. The number of fused-ring (bicyclic) bond motifs is 1. The molecule has 2 aliphatic rings. The average Bonchev–Trinajstić information content (AvgIpc) is 3.22. The number of hydrogen-bond acceptors (Lipinski definition) is 5. The lowest BCUT2D eigenvalue weighted by molar-refractivity contribution is 0.0697. The average molecular weight is 356 g/mol. The van der Waals surface area contributed by atoms with Crippen molar-refractivity contribution in [1.82, 2.24) is 10.2 Å². The van der Waals surface area contributed by atoms with Crippen LogP contribution in [0.1, 0.15) is 33.6 Å². The molecule has 0 saturated carbocycles. The molecule has 1 saturated heterocycles. The maximum atomic E-state index is 12.5. The van der Waals surface area contributed by atoms with Gasteiger partial charge in [-0.15, -0.1) is 0 Å². The van der Waals surface area contributed by atoms with Crippen LogP contribution in [0, 0.1) is 0 Å². The Labute approximate surface area is 150 Å². The van der Waals surface area contributed by atoms with E-state index < -0.39 is 0 Å². The Bertz CT molecular complexity index is 794. The predicted molar refractivity (Wildman–Crippen MR) is 92.5 cm³/mol. The van der Waals surface area contributed by atoms with Crippen LogP contribution in [0.5, 0.6) is 11.5 Å². The molecule has 136 valence electrons. The van der Waals surface area contributed by atoms with Crippen LogP contribution >= 0.6 is 0 Å². The maximum absolute atomic E-state index is 12.5. The fourth-order valence-corrected chi connectivity index (χ4v) is 3.25. The Kier molecular flexibility index (Phi) is 4.51. The van der Waals surface area contributed by atoms with Crippen LogP contribution in [0.15, 0.2) is 41.2 Å². The molecule has 7 nitrogen and oxygen atoms in total. The van der Waals surface area contributed by atoms with E-state index in [0.29, 0.717) is 48.9 Å². The Balaban J connectivity index is 1.33. The molecule has 0 unspecified atom stereocenters. The predicted octanol–water partition coefficient (Wildman–Crippen LogP) is 2.09. The first kappa shape index (κ1) is 16.5. The van der Waals surface area contributed by atoms with Gasteiger partial charge < -0.3 is 24.1 Å². The second kappa shape index (κ2) is 7.11. The summed E-state index contributed by atoms with van der Waals surface area (Å²) in [7, 11) is 0. The molecule has 0 atom stereocenters. The minimum atomic E-state index is -0.137. The number of hydrogen-bond donors (Lipinski definition) is 1. The van der Waals surface area contributed by atoms with Crippen LogP contribution in [0.25, 0.3) is 0 Å². The minimum Gasteiger partial charge on any atom is -0.486 e. The number of furan rings is 1. The van der Waals surface area contributed by atoms with Crippen molar-refractivity contribution >= 4 is 11.8 Å². The first-order chi connectivity index (χ1) is 12.7. The number of nitrogens with zero attached hydrogens (tertiary/aromatic N) is 1. The highest BCUT2D eigenvalue weighted by Gasteiger charge is 2.25. The molecule has 7 heteroatoms. The number of carbonyl (C=O) groups excluding carboxylic acids is 2. The van der Waals surface area contributed by atoms with E-state index in [1.807, 2.05) is 0 Å². The van der Waals surface area contributed by atoms with E-state index in [4.69, 9.17) is 13.9 Å². The zero-order valence-corrected chi connectivity index (χ0v) is 14.3. The fourth-order valence-electron chi connectivity index (χ4n) is 3.25. The lowest BCUT2D eigenvalue weighted by Crippen LogP contribution is -2.46. The third-order valence-corrected chi connectivity index (χ3v) is 4.69. The Morgan fingerprint density at radius 2 is 1.77 bits per heavy atom. The van der Waals surface area contributed by atoms with Crippen molar-refractivity contribution in [3.8, 4) is 11.5 Å². The number of amides is 2. The zero-order chi connectivity index (χ0) is 17.9. The van der Waals surface area contributed by atoms with Gasteiger partial charge in [-0.25, -0.2) is 0 Å². The molecule has 0 radical (unpaired) electrons. The number of likely N-dealkylation sites (tertiary alicyclic amines) is 1. The van der Waals surface area contributed by atoms with Crippen molar-refractivity contribution in [1.29, 1.82) is 0 Å². The molecule has 1 N–H and O–H groups in total. The van der Waals surface area contributed by atoms with E-state index in [1.54, 1.807) is 29.2 Å². The van der Waals surface area contributed by atoms with Gasteiger partial charge in [0.25, 0.3) is 11.8 Å². The van der Waals surface area contributed by atoms with E-state index in [0.717, 1.165) is 12.8 Å². The van der Waals surface area contributed by atoms with Crippen molar-refractivity contribution in [2.45, 2.75) is 18.9 Å². The number of piperidine rings is 1. The molecule has 2 amide bonds. The molecule has 4 rings (SSSR count). The van der Waals surface area contributed by atoms with Crippen molar-refractivity contribution < 1.29 is 23.5 Å². The normalized spacial score (nSPS) is 17.0. The van der Waals surface area contributed by atoms with Gasteiger partial charge in [-0.2, -0.15) is 0 Å². The van der Waals surface area contributed by atoms with Gasteiger partial charge in [0, 0.05) is 24.7 Å². The summed E-state index contributed by atoms with van der Waals surface area (Å²) in [6.45, 7) is 2.22. The molecule has 0 spiro atoms. The first-order valence-corrected chi connectivity index (χ1v) is 8.73. The number of nitrogens with one attached hydrogen (secondary N) is 1. The van der Waals surface area contributed by atoms with Crippen molar-refractivity contribution in [2.24, 2.45) is 0 Å². The third kappa shape index (κ3) is 3.37. The summed E-state index contributed by atoms with van der Waals surface area (Å²) < 4.78 is 16.0. The summed E-state index contributed by atoms with van der Waals surface area (Å²) in [6, 6.07) is 6.92. The van der Waals surface area contributed by atoms with Crippen LogP contribution in [0.3, 0.4) is 0 Å². The largest absolute Gasteiger partial charge is 0.486 e. The second-order valence-corrected chi connectivity index (χ2v) is 6.41. The lowest BCUT2D eigenvalue weighted by atomic mass is 10.0. The molecule has 0 aliphatic carbocycles. The smallest absolute Gasteiger partial charge is 0.257 e. The summed E-state index contributed by atoms with van der Waals surface area (Å²) >= 11 is 0. The summed E-state index contributed by atoms with van der Waals surface area (Å²) in [4.78, 5) is 26.6.